The number of carbonyl (C=O) groups excluding carboxylic acids is 1. The van der Waals surface area contributed by atoms with Crippen molar-refractivity contribution < 1.29 is 9.21 Å². The van der Waals surface area contributed by atoms with Crippen molar-refractivity contribution in [3.8, 4) is 0 Å². The first kappa shape index (κ1) is 16.8. The Morgan fingerprint density at radius 3 is 2.58 bits per heavy atom. The zero-order valence-electron chi connectivity index (χ0n) is 13.8. The van der Waals surface area contributed by atoms with Gasteiger partial charge >= 0.3 is 5.63 Å². The van der Waals surface area contributed by atoms with Gasteiger partial charge in [0.25, 0.3) is 5.91 Å². The molecule has 4 rings (SSSR count). The number of thioether (sulfide) groups is 1. The van der Waals surface area contributed by atoms with Gasteiger partial charge < -0.3 is 4.42 Å². The number of thiocarbonyl (C=S) groups is 1. The Morgan fingerprint density at radius 1 is 1.08 bits per heavy atom. The maximum Gasteiger partial charge on any atom is 0.343 e. The lowest BCUT2D eigenvalue weighted by atomic mass is 10.1. The number of rotatable bonds is 2. The third kappa shape index (κ3) is 2.98. The molecule has 0 bridgehead atoms. The van der Waals surface area contributed by atoms with Crippen LogP contribution in [0.25, 0.3) is 17.0 Å². The molecule has 0 unspecified atom stereocenters. The van der Waals surface area contributed by atoms with Crippen molar-refractivity contribution in [2.45, 2.75) is 6.92 Å². The van der Waals surface area contributed by atoms with E-state index >= 15 is 0 Å². The van der Waals surface area contributed by atoms with E-state index in [4.69, 9.17) is 16.6 Å². The van der Waals surface area contributed by atoms with E-state index in [0.717, 1.165) is 10.9 Å². The van der Waals surface area contributed by atoms with Gasteiger partial charge in [-0.15, -0.1) is 0 Å². The molecule has 0 radical (unpaired) electrons. The summed E-state index contributed by atoms with van der Waals surface area (Å²) in [6.07, 6.45) is 1.55. The van der Waals surface area contributed by atoms with Gasteiger partial charge in [-0.05, 0) is 37.3 Å². The number of hydrogen-bond acceptors (Lipinski definition) is 5. The van der Waals surface area contributed by atoms with Crippen molar-refractivity contribution in [1.82, 2.24) is 0 Å². The Hall–Kier alpha value is -2.70. The van der Waals surface area contributed by atoms with Gasteiger partial charge in [0.2, 0.25) is 0 Å². The van der Waals surface area contributed by atoms with Gasteiger partial charge in [-0.3, -0.25) is 9.69 Å². The molecule has 1 saturated heterocycles. The fourth-order valence-corrected chi connectivity index (χ4v) is 3.99. The quantitative estimate of drug-likeness (QED) is 0.373. The highest BCUT2D eigenvalue weighted by atomic mass is 32.2. The fourth-order valence-electron chi connectivity index (χ4n) is 2.70. The number of amides is 1. The predicted molar refractivity (Wildman–Crippen MR) is 109 cm³/mol. The fraction of sp³-hybridized carbons (Fsp3) is 0.0500. The summed E-state index contributed by atoms with van der Waals surface area (Å²) in [7, 11) is 0. The van der Waals surface area contributed by atoms with Gasteiger partial charge in [0.05, 0.1) is 16.2 Å². The summed E-state index contributed by atoms with van der Waals surface area (Å²) < 4.78 is 5.76. The van der Waals surface area contributed by atoms with Crippen molar-refractivity contribution in [1.29, 1.82) is 0 Å². The summed E-state index contributed by atoms with van der Waals surface area (Å²) in [4.78, 5) is 26.9. The Balaban J connectivity index is 1.73. The smallest absolute Gasteiger partial charge is 0.343 e. The summed E-state index contributed by atoms with van der Waals surface area (Å²) in [5, 5.41) is 0.798. The van der Waals surface area contributed by atoms with Crippen LogP contribution in [0.5, 0.6) is 0 Å². The van der Waals surface area contributed by atoms with Crippen LogP contribution >= 0.6 is 24.0 Å². The SMILES string of the molecule is Cc1ccc(N2C(=O)/C(=C/c3cc4ccccc4oc3=O)SC2=S)cc1. The number of nitrogens with zero attached hydrogens (tertiary/aromatic N) is 1. The number of fused-ring (bicyclic) bond motifs is 1. The van der Waals surface area contributed by atoms with Gasteiger partial charge in [-0.1, -0.05) is 59.9 Å². The molecule has 1 aliphatic heterocycles. The van der Waals surface area contributed by atoms with Crippen LogP contribution < -0.4 is 10.5 Å². The molecule has 0 spiro atoms. The number of anilines is 1. The molecule has 26 heavy (non-hydrogen) atoms. The van der Waals surface area contributed by atoms with E-state index in [9.17, 15) is 9.59 Å². The van der Waals surface area contributed by atoms with E-state index in [1.54, 1.807) is 24.3 Å². The maximum absolute atomic E-state index is 12.8. The molecule has 2 aromatic carbocycles. The summed E-state index contributed by atoms with van der Waals surface area (Å²) in [5.41, 5.74) is 2.18. The van der Waals surface area contributed by atoms with Crippen molar-refractivity contribution in [2.75, 3.05) is 4.90 Å². The lowest BCUT2D eigenvalue weighted by Crippen LogP contribution is -2.27. The van der Waals surface area contributed by atoms with Crippen LogP contribution in [-0.2, 0) is 4.79 Å². The highest BCUT2D eigenvalue weighted by Gasteiger charge is 2.33. The lowest BCUT2D eigenvalue weighted by Gasteiger charge is -2.14. The van der Waals surface area contributed by atoms with Gasteiger partial charge in [0.15, 0.2) is 4.32 Å². The topological polar surface area (TPSA) is 50.5 Å². The second-order valence-electron chi connectivity index (χ2n) is 5.88. The van der Waals surface area contributed by atoms with Crippen LogP contribution in [0.15, 0.2) is 68.7 Å². The third-order valence-electron chi connectivity index (χ3n) is 4.04. The molecule has 3 aromatic rings. The molecule has 4 nitrogen and oxygen atoms in total. The first-order valence-electron chi connectivity index (χ1n) is 7.90. The molecule has 1 fully saturated rings. The minimum absolute atomic E-state index is 0.239. The number of benzene rings is 2. The highest BCUT2D eigenvalue weighted by Crippen LogP contribution is 2.35. The number of para-hydroxylation sites is 1. The van der Waals surface area contributed by atoms with Gasteiger partial charge in [0, 0.05) is 5.39 Å². The molecule has 1 aliphatic rings. The zero-order valence-corrected chi connectivity index (χ0v) is 15.4. The summed E-state index contributed by atoms with van der Waals surface area (Å²) in [6, 6.07) is 16.5. The first-order valence-corrected chi connectivity index (χ1v) is 9.13. The highest BCUT2D eigenvalue weighted by molar-refractivity contribution is 8.27. The lowest BCUT2D eigenvalue weighted by molar-refractivity contribution is -0.113. The van der Waals surface area contributed by atoms with Crippen LogP contribution in [-0.4, -0.2) is 10.2 Å². The Kier molecular flexibility index (Phi) is 4.22. The van der Waals surface area contributed by atoms with Crippen LogP contribution in [0.3, 0.4) is 0 Å². The summed E-state index contributed by atoms with van der Waals surface area (Å²) in [5.74, 6) is -0.239. The monoisotopic (exact) mass is 379 g/mol. The molecular weight excluding hydrogens is 366 g/mol. The molecule has 6 heteroatoms. The summed E-state index contributed by atoms with van der Waals surface area (Å²) in [6.45, 7) is 1.98. The zero-order chi connectivity index (χ0) is 18.3. The van der Waals surface area contributed by atoms with E-state index < -0.39 is 5.63 Å². The normalized spacial score (nSPS) is 16.0. The molecule has 1 amide bonds. The molecule has 0 N–H and O–H groups in total. The van der Waals surface area contributed by atoms with Crippen molar-refractivity contribution in [2.24, 2.45) is 0 Å². The van der Waals surface area contributed by atoms with E-state index in [0.29, 0.717) is 26.1 Å². The largest absolute Gasteiger partial charge is 0.422 e. The van der Waals surface area contributed by atoms with E-state index in [1.807, 2.05) is 43.3 Å². The second-order valence-corrected chi connectivity index (χ2v) is 7.56. The molecule has 2 heterocycles. The third-order valence-corrected chi connectivity index (χ3v) is 5.34. The molecule has 1 aromatic heterocycles. The van der Waals surface area contributed by atoms with Crippen LogP contribution in [0, 0.1) is 6.92 Å². The molecular formula is C20H13NO3S2. The minimum Gasteiger partial charge on any atom is -0.422 e. The minimum atomic E-state index is -0.482. The maximum atomic E-state index is 12.8. The van der Waals surface area contributed by atoms with Crippen LogP contribution in [0.2, 0.25) is 0 Å². The van der Waals surface area contributed by atoms with Crippen LogP contribution in [0.1, 0.15) is 11.1 Å². The second kappa shape index (κ2) is 6.55. The Bertz CT molecular complexity index is 1130. The Morgan fingerprint density at radius 2 is 1.81 bits per heavy atom. The Labute approximate surface area is 159 Å². The molecule has 0 aliphatic carbocycles. The van der Waals surface area contributed by atoms with Gasteiger partial charge in [-0.25, -0.2) is 4.79 Å². The molecule has 0 atom stereocenters. The average Bonchev–Trinajstić information content (AvgIpc) is 2.90. The molecule has 0 saturated carbocycles. The standard InChI is InChI=1S/C20H13NO3S2/c1-12-6-8-15(9-7-12)21-18(22)17(26-20(21)25)11-14-10-13-4-2-3-5-16(13)24-19(14)23/h2-11H,1H3/b17-11-. The number of aryl methyl sites for hydroxylation is 1. The number of hydrogen-bond donors (Lipinski definition) is 0. The first-order chi connectivity index (χ1) is 12.5. The van der Waals surface area contributed by atoms with Crippen molar-refractivity contribution >= 4 is 56.9 Å². The van der Waals surface area contributed by atoms with Gasteiger partial charge in [-0.2, -0.15) is 0 Å². The van der Waals surface area contributed by atoms with E-state index in [-0.39, 0.29) is 5.91 Å². The van der Waals surface area contributed by atoms with E-state index in [2.05, 4.69) is 0 Å². The molecule has 128 valence electrons. The van der Waals surface area contributed by atoms with Crippen molar-refractivity contribution in [3.05, 3.63) is 81.0 Å². The van der Waals surface area contributed by atoms with Gasteiger partial charge in [0.1, 0.15) is 5.58 Å². The van der Waals surface area contributed by atoms with Crippen LogP contribution in [0.4, 0.5) is 5.69 Å². The number of carbonyl (C=O) groups is 1. The average molecular weight is 379 g/mol. The van der Waals surface area contributed by atoms with Crippen molar-refractivity contribution in [3.63, 3.8) is 0 Å². The summed E-state index contributed by atoms with van der Waals surface area (Å²) >= 11 is 6.54. The van der Waals surface area contributed by atoms with E-state index in [1.165, 1.54) is 16.7 Å². The predicted octanol–water partition coefficient (Wildman–Crippen LogP) is 4.51.